The highest BCUT2D eigenvalue weighted by atomic mass is 16.6. The summed E-state index contributed by atoms with van der Waals surface area (Å²) in [5.74, 6) is 0.329. The molecule has 0 atom stereocenters. The van der Waals surface area contributed by atoms with Crippen LogP contribution < -0.4 is 4.74 Å². The third-order valence-electron chi connectivity index (χ3n) is 2.17. The predicted octanol–water partition coefficient (Wildman–Crippen LogP) is 1.05. The highest BCUT2D eigenvalue weighted by Gasteiger charge is 2.16. The van der Waals surface area contributed by atoms with E-state index < -0.39 is 4.92 Å². The zero-order chi connectivity index (χ0) is 13.0. The summed E-state index contributed by atoms with van der Waals surface area (Å²) in [4.78, 5) is 14.0. The molecule has 0 fully saturated rings. The van der Waals surface area contributed by atoms with Crippen molar-refractivity contribution < 1.29 is 19.3 Å². The first-order chi connectivity index (χ1) is 8.70. The van der Waals surface area contributed by atoms with Crippen molar-refractivity contribution in [3.8, 4) is 5.75 Å². The third-order valence-corrected chi connectivity index (χ3v) is 2.17. The van der Waals surface area contributed by atoms with Crippen molar-refractivity contribution >= 4 is 5.69 Å². The number of ether oxygens (including phenoxy) is 1. The predicted molar refractivity (Wildman–Crippen MR) is 57.6 cm³/mol. The van der Waals surface area contributed by atoms with Crippen LogP contribution in [0, 0.1) is 10.1 Å². The average molecular weight is 251 g/mol. The molecular weight excluding hydrogens is 242 g/mol. The van der Waals surface area contributed by atoms with Gasteiger partial charge in [-0.15, -0.1) is 0 Å². The Morgan fingerprint density at radius 2 is 2.33 bits per heavy atom. The number of nitro groups is 1. The number of aliphatic hydroxyl groups excluding tert-OH is 1. The number of aliphatic hydroxyl groups is 1. The first kappa shape index (κ1) is 12.0. The molecule has 0 aliphatic heterocycles. The number of hydrogen-bond donors (Lipinski definition) is 1. The van der Waals surface area contributed by atoms with Gasteiger partial charge in [0.15, 0.2) is 12.4 Å². The summed E-state index contributed by atoms with van der Waals surface area (Å²) < 4.78 is 9.76. The molecule has 0 spiro atoms. The fraction of sp³-hybridized carbons (Fsp3) is 0.200. The minimum absolute atomic E-state index is 0.0494. The molecule has 1 aromatic heterocycles. The van der Waals surface area contributed by atoms with Crippen LogP contribution in [0.1, 0.15) is 11.4 Å². The molecule has 0 radical (unpaired) electrons. The summed E-state index contributed by atoms with van der Waals surface area (Å²) in [6.45, 7) is -0.275. The standard InChI is InChI=1S/C10H9N3O5/c14-4-7-1-2-8(13(15)16)9(3-7)17-5-10-11-6-18-12-10/h1-3,6,14H,4-5H2. The number of benzene rings is 1. The first-order valence-electron chi connectivity index (χ1n) is 4.97. The van der Waals surface area contributed by atoms with Crippen molar-refractivity contribution in [1.29, 1.82) is 0 Å². The van der Waals surface area contributed by atoms with Gasteiger partial charge in [0, 0.05) is 6.07 Å². The topological polar surface area (TPSA) is 112 Å². The van der Waals surface area contributed by atoms with Crippen LogP contribution in [-0.2, 0) is 13.2 Å². The van der Waals surface area contributed by atoms with Gasteiger partial charge in [-0.05, 0) is 17.7 Å². The second-order valence-corrected chi connectivity index (χ2v) is 3.35. The lowest BCUT2D eigenvalue weighted by Gasteiger charge is -2.05. The van der Waals surface area contributed by atoms with Gasteiger partial charge in [-0.1, -0.05) is 5.16 Å². The molecular formula is C10H9N3O5. The van der Waals surface area contributed by atoms with E-state index in [-0.39, 0.29) is 30.5 Å². The van der Waals surface area contributed by atoms with E-state index in [0.29, 0.717) is 5.56 Å². The molecule has 1 aromatic carbocycles. The molecule has 0 unspecified atom stereocenters. The van der Waals surface area contributed by atoms with E-state index in [1.807, 2.05) is 0 Å². The second-order valence-electron chi connectivity index (χ2n) is 3.35. The van der Waals surface area contributed by atoms with Crippen molar-refractivity contribution in [2.75, 3.05) is 0 Å². The lowest BCUT2D eigenvalue weighted by molar-refractivity contribution is -0.386. The molecule has 0 aliphatic carbocycles. The summed E-state index contributed by atoms with van der Waals surface area (Å²) in [5.41, 5.74) is 0.333. The van der Waals surface area contributed by atoms with E-state index in [0.717, 1.165) is 6.39 Å². The Labute approximate surface area is 101 Å². The maximum Gasteiger partial charge on any atom is 0.310 e. The van der Waals surface area contributed by atoms with Crippen molar-refractivity contribution in [2.45, 2.75) is 13.2 Å². The van der Waals surface area contributed by atoms with Gasteiger partial charge in [0.05, 0.1) is 11.5 Å². The van der Waals surface area contributed by atoms with Crippen molar-refractivity contribution in [1.82, 2.24) is 10.1 Å². The van der Waals surface area contributed by atoms with Gasteiger partial charge < -0.3 is 14.4 Å². The average Bonchev–Trinajstić information content (AvgIpc) is 2.88. The SMILES string of the molecule is O=[N+]([O-])c1ccc(CO)cc1OCc1ncon1. The second kappa shape index (κ2) is 5.23. The smallest absolute Gasteiger partial charge is 0.310 e. The summed E-state index contributed by atoms with van der Waals surface area (Å²) >= 11 is 0. The molecule has 18 heavy (non-hydrogen) atoms. The summed E-state index contributed by atoms with van der Waals surface area (Å²) in [6, 6.07) is 4.13. The van der Waals surface area contributed by atoms with Crippen LogP contribution in [0.3, 0.4) is 0 Å². The van der Waals surface area contributed by atoms with E-state index in [2.05, 4.69) is 14.7 Å². The molecule has 0 saturated heterocycles. The monoisotopic (exact) mass is 251 g/mol. The Kier molecular flexibility index (Phi) is 3.49. The van der Waals surface area contributed by atoms with Crippen LogP contribution in [0.4, 0.5) is 5.69 Å². The fourth-order valence-electron chi connectivity index (χ4n) is 1.32. The molecule has 8 heteroatoms. The zero-order valence-corrected chi connectivity index (χ0v) is 9.15. The van der Waals surface area contributed by atoms with Crippen molar-refractivity contribution in [3.63, 3.8) is 0 Å². The van der Waals surface area contributed by atoms with Crippen molar-refractivity contribution in [2.24, 2.45) is 0 Å². The third kappa shape index (κ3) is 2.61. The van der Waals surface area contributed by atoms with E-state index in [1.54, 1.807) is 0 Å². The Bertz CT molecular complexity index is 540. The molecule has 0 bridgehead atoms. The molecule has 2 aromatic rings. The Hall–Kier alpha value is -2.48. The van der Waals surface area contributed by atoms with Crippen LogP contribution in [0.2, 0.25) is 0 Å². The van der Waals surface area contributed by atoms with Crippen LogP contribution >= 0.6 is 0 Å². The Morgan fingerprint density at radius 3 is 2.94 bits per heavy atom. The lowest BCUT2D eigenvalue weighted by atomic mass is 10.2. The highest BCUT2D eigenvalue weighted by Crippen LogP contribution is 2.28. The van der Waals surface area contributed by atoms with Gasteiger partial charge in [-0.25, -0.2) is 0 Å². The molecule has 0 amide bonds. The van der Waals surface area contributed by atoms with E-state index >= 15 is 0 Å². The van der Waals surface area contributed by atoms with Gasteiger partial charge in [0.2, 0.25) is 12.2 Å². The maximum absolute atomic E-state index is 10.8. The molecule has 1 heterocycles. The van der Waals surface area contributed by atoms with Crippen LogP contribution in [0.15, 0.2) is 29.1 Å². The number of hydrogen-bond acceptors (Lipinski definition) is 7. The maximum atomic E-state index is 10.8. The molecule has 94 valence electrons. The number of aromatic nitrogens is 2. The van der Waals surface area contributed by atoms with Crippen LogP contribution in [0.25, 0.3) is 0 Å². The van der Waals surface area contributed by atoms with E-state index in [1.165, 1.54) is 18.2 Å². The Morgan fingerprint density at radius 1 is 1.50 bits per heavy atom. The summed E-state index contributed by atoms with van der Waals surface area (Å²) in [5, 5.41) is 23.3. The molecule has 0 saturated carbocycles. The minimum atomic E-state index is -0.563. The summed E-state index contributed by atoms with van der Waals surface area (Å²) in [7, 11) is 0. The number of nitro benzene ring substituents is 1. The fourth-order valence-corrected chi connectivity index (χ4v) is 1.32. The molecule has 8 nitrogen and oxygen atoms in total. The quantitative estimate of drug-likeness (QED) is 0.624. The lowest BCUT2D eigenvalue weighted by Crippen LogP contribution is -2.01. The van der Waals surface area contributed by atoms with Gasteiger partial charge in [0.25, 0.3) is 0 Å². The van der Waals surface area contributed by atoms with Crippen LogP contribution in [-0.4, -0.2) is 20.2 Å². The number of nitrogens with zero attached hydrogens (tertiary/aromatic N) is 3. The van der Waals surface area contributed by atoms with Crippen LogP contribution in [0.5, 0.6) is 5.75 Å². The molecule has 0 aliphatic rings. The largest absolute Gasteiger partial charge is 0.478 e. The minimum Gasteiger partial charge on any atom is -0.478 e. The van der Waals surface area contributed by atoms with Crippen molar-refractivity contribution in [3.05, 3.63) is 46.1 Å². The van der Waals surface area contributed by atoms with Gasteiger partial charge in [-0.2, -0.15) is 4.98 Å². The number of rotatable bonds is 5. The Balaban J connectivity index is 2.20. The molecule has 1 N–H and O–H groups in total. The van der Waals surface area contributed by atoms with E-state index in [4.69, 9.17) is 9.84 Å². The van der Waals surface area contributed by atoms with Gasteiger partial charge in [0.1, 0.15) is 0 Å². The zero-order valence-electron chi connectivity index (χ0n) is 9.15. The van der Waals surface area contributed by atoms with E-state index in [9.17, 15) is 10.1 Å². The molecule has 2 rings (SSSR count). The normalized spacial score (nSPS) is 10.3. The summed E-state index contributed by atoms with van der Waals surface area (Å²) in [6.07, 6.45) is 1.14. The first-order valence-corrected chi connectivity index (χ1v) is 4.97. The van der Waals surface area contributed by atoms with Gasteiger partial charge in [-0.3, -0.25) is 10.1 Å². The highest BCUT2D eigenvalue weighted by molar-refractivity contribution is 5.48. The van der Waals surface area contributed by atoms with Gasteiger partial charge >= 0.3 is 5.69 Å².